The third kappa shape index (κ3) is 6.77. The molecule has 256 valence electrons. The maximum absolute atomic E-state index is 14.3. The smallest absolute Gasteiger partial charge is 0.343 e. The number of allylic oxidation sites excluding steroid dienone is 1. The summed E-state index contributed by atoms with van der Waals surface area (Å²) in [6.07, 6.45) is 1.76. The van der Waals surface area contributed by atoms with E-state index in [2.05, 4.69) is 9.73 Å². The van der Waals surface area contributed by atoms with Crippen LogP contribution in [-0.2, 0) is 19.1 Å². The molecule has 0 amide bonds. The van der Waals surface area contributed by atoms with Crippen LogP contribution in [0.25, 0.3) is 11.8 Å². The second-order valence-electron chi connectivity index (χ2n) is 11.2. The van der Waals surface area contributed by atoms with Crippen LogP contribution in [0.5, 0.6) is 11.5 Å². The number of fused-ring (bicyclic) bond motifs is 1. The van der Waals surface area contributed by atoms with Gasteiger partial charge in [-0.15, -0.1) is 0 Å². The Morgan fingerprint density at radius 3 is 2.45 bits per heavy atom. The quantitative estimate of drug-likeness (QED) is 0.127. The lowest BCUT2D eigenvalue weighted by molar-refractivity contribution is -0.385. The summed E-state index contributed by atoms with van der Waals surface area (Å²) < 4.78 is 25.3. The van der Waals surface area contributed by atoms with Gasteiger partial charge >= 0.3 is 11.9 Å². The number of hydrogen-bond donors (Lipinski definition) is 0. The van der Waals surface area contributed by atoms with Crippen LogP contribution in [0.3, 0.4) is 0 Å². The Morgan fingerprint density at radius 2 is 1.78 bits per heavy atom. The minimum atomic E-state index is -0.910. The first kappa shape index (κ1) is 34.8. The van der Waals surface area contributed by atoms with Crippen molar-refractivity contribution < 1.29 is 33.5 Å². The minimum Gasteiger partial charge on any atom is -0.490 e. The number of nitro groups is 1. The van der Waals surface area contributed by atoms with Crippen LogP contribution in [0.1, 0.15) is 54.9 Å². The molecule has 3 heterocycles. The zero-order chi connectivity index (χ0) is 35.6. The van der Waals surface area contributed by atoms with E-state index < -0.39 is 22.9 Å². The first-order chi connectivity index (χ1) is 23.4. The predicted molar refractivity (Wildman–Crippen MR) is 182 cm³/mol. The van der Waals surface area contributed by atoms with Gasteiger partial charge in [0.1, 0.15) is 0 Å². The molecule has 0 saturated heterocycles. The van der Waals surface area contributed by atoms with E-state index in [1.165, 1.54) is 29.1 Å². The van der Waals surface area contributed by atoms with E-state index in [0.29, 0.717) is 37.6 Å². The standard InChI is InChI=1S/C35H36N4O9S/c1-8-46-28-15-23(11-13-27(28)48-18-30(40)45-7)32-31(34(42)47-9-2)21(5)36-35-38(32)33(41)29(49-35)16-24-14-20(4)37(22(24)6)25-12-10-19(3)26(17-25)39(43)44/h10-17,32H,8-9,18H2,1-7H3/b29-16-/t32-/m0/s1. The molecule has 5 rings (SSSR count). The molecule has 2 aromatic carbocycles. The molecule has 0 aliphatic carbocycles. The van der Waals surface area contributed by atoms with E-state index in [-0.39, 0.29) is 42.4 Å². The highest BCUT2D eigenvalue weighted by atomic mass is 32.1. The van der Waals surface area contributed by atoms with Crippen molar-refractivity contribution >= 4 is 35.0 Å². The van der Waals surface area contributed by atoms with Crippen LogP contribution < -0.4 is 24.4 Å². The number of ether oxygens (including phenoxy) is 4. The molecule has 0 radical (unpaired) electrons. The Hall–Kier alpha value is -5.50. The van der Waals surface area contributed by atoms with Gasteiger partial charge < -0.3 is 23.5 Å². The van der Waals surface area contributed by atoms with Gasteiger partial charge in [-0.05, 0) is 83.0 Å². The first-order valence-corrected chi connectivity index (χ1v) is 16.3. The molecule has 14 heteroatoms. The van der Waals surface area contributed by atoms with Gasteiger partial charge in [0.2, 0.25) is 0 Å². The van der Waals surface area contributed by atoms with Crippen molar-refractivity contribution in [1.29, 1.82) is 0 Å². The summed E-state index contributed by atoms with van der Waals surface area (Å²) in [5, 5.41) is 11.6. The van der Waals surface area contributed by atoms with Gasteiger partial charge in [0.05, 0.1) is 52.8 Å². The highest BCUT2D eigenvalue weighted by Crippen LogP contribution is 2.36. The van der Waals surface area contributed by atoms with Gasteiger partial charge in [-0.3, -0.25) is 19.5 Å². The normalized spacial score (nSPS) is 14.3. The van der Waals surface area contributed by atoms with E-state index in [0.717, 1.165) is 17.0 Å². The fourth-order valence-electron chi connectivity index (χ4n) is 5.79. The number of esters is 2. The first-order valence-electron chi connectivity index (χ1n) is 15.5. The molecule has 0 spiro atoms. The fourth-order valence-corrected chi connectivity index (χ4v) is 6.83. The fraction of sp³-hybridized carbons (Fsp3) is 0.314. The molecule has 4 aromatic rings. The summed E-state index contributed by atoms with van der Waals surface area (Å²) >= 11 is 1.18. The van der Waals surface area contributed by atoms with E-state index >= 15 is 0 Å². The molecule has 2 aromatic heterocycles. The van der Waals surface area contributed by atoms with Crippen LogP contribution in [0.2, 0.25) is 0 Å². The average Bonchev–Trinajstić information content (AvgIpc) is 3.52. The number of nitrogens with zero attached hydrogens (tertiary/aromatic N) is 4. The van der Waals surface area contributed by atoms with Gasteiger partial charge in [-0.2, -0.15) is 0 Å². The second-order valence-corrected chi connectivity index (χ2v) is 12.2. The van der Waals surface area contributed by atoms with Crippen LogP contribution >= 0.6 is 11.3 Å². The molecule has 0 N–H and O–H groups in total. The number of nitro benzene ring substituents is 1. The largest absolute Gasteiger partial charge is 0.490 e. The summed E-state index contributed by atoms with van der Waals surface area (Å²) in [5.74, 6) is -0.575. The molecule has 0 fully saturated rings. The summed E-state index contributed by atoms with van der Waals surface area (Å²) in [4.78, 5) is 55.7. The van der Waals surface area contributed by atoms with Gasteiger partial charge in [-0.25, -0.2) is 14.6 Å². The number of rotatable bonds is 11. The molecule has 1 aliphatic rings. The molecular formula is C35H36N4O9S. The molecule has 49 heavy (non-hydrogen) atoms. The van der Waals surface area contributed by atoms with Crippen LogP contribution in [-0.4, -0.2) is 52.9 Å². The van der Waals surface area contributed by atoms with Crippen LogP contribution in [0, 0.1) is 30.9 Å². The lowest BCUT2D eigenvalue weighted by atomic mass is 9.95. The number of benzene rings is 2. The zero-order valence-corrected chi connectivity index (χ0v) is 29.0. The predicted octanol–water partition coefficient (Wildman–Crippen LogP) is 4.37. The summed E-state index contributed by atoms with van der Waals surface area (Å²) in [6, 6.07) is 11.0. The van der Waals surface area contributed by atoms with Gasteiger partial charge in [-0.1, -0.05) is 23.5 Å². The topological polar surface area (TPSA) is 153 Å². The molecule has 0 bridgehead atoms. The third-order valence-corrected chi connectivity index (χ3v) is 9.06. The van der Waals surface area contributed by atoms with E-state index in [1.807, 2.05) is 30.5 Å². The number of carbonyl (C=O) groups is 2. The van der Waals surface area contributed by atoms with Gasteiger partial charge in [0.15, 0.2) is 22.9 Å². The van der Waals surface area contributed by atoms with Crippen molar-refractivity contribution in [2.45, 2.75) is 47.6 Å². The number of aromatic nitrogens is 2. The van der Waals surface area contributed by atoms with Crippen LogP contribution in [0.15, 0.2) is 63.5 Å². The Balaban J connectivity index is 1.66. The monoisotopic (exact) mass is 688 g/mol. The Kier molecular flexibility index (Phi) is 10.2. The summed E-state index contributed by atoms with van der Waals surface area (Å²) in [6.45, 7) is 10.7. The van der Waals surface area contributed by atoms with E-state index in [4.69, 9.17) is 14.2 Å². The van der Waals surface area contributed by atoms with Gasteiger partial charge in [0.25, 0.3) is 11.2 Å². The Labute approximate surface area is 285 Å². The molecular weight excluding hydrogens is 652 g/mol. The Bertz CT molecular complexity index is 2190. The van der Waals surface area contributed by atoms with Crippen molar-refractivity contribution in [2.24, 2.45) is 4.99 Å². The van der Waals surface area contributed by atoms with E-state index in [1.54, 1.807) is 58.0 Å². The zero-order valence-electron chi connectivity index (χ0n) is 28.2. The lowest BCUT2D eigenvalue weighted by Gasteiger charge is -2.25. The van der Waals surface area contributed by atoms with Crippen molar-refractivity contribution in [3.8, 4) is 17.2 Å². The molecule has 0 saturated carbocycles. The Morgan fingerprint density at radius 1 is 1.02 bits per heavy atom. The van der Waals surface area contributed by atoms with E-state index in [9.17, 15) is 24.5 Å². The number of thiazole rings is 1. The van der Waals surface area contributed by atoms with Gasteiger partial charge in [0, 0.05) is 23.0 Å². The van der Waals surface area contributed by atoms with Crippen LogP contribution in [0.4, 0.5) is 5.69 Å². The lowest BCUT2D eigenvalue weighted by Crippen LogP contribution is -2.40. The van der Waals surface area contributed by atoms with Crippen molar-refractivity contribution in [3.05, 3.63) is 112 Å². The molecule has 1 aliphatic heterocycles. The van der Waals surface area contributed by atoms with Crippen molar-refractivity contribution in [1.82, 2.24) is 9.13 Å². The number of hydrogen-bond acceptors (Lipinski definition) is 11. The average molecular weight is 689 g/mol. The number of methoxy groups -OCH3 is 1. The van der Waals surface area contributed by atoms with Crippen molar-refractivity contribution in [3.63, 3.8) is 0 Å². The maximum atomic E-state index is 14.3. The minimum absolute atomic E-state index is 0.0168. The second kappa shape index (κ2) is 14.3. The highest BCUT2D eigenvalue weighted by Gasteiger charge is 2.34. The summed E-state index contributed by atoms with van der Waals surface area (Å²) in [5.41, 5.74) is 4.33. The SMILES string of the molecule is CCOC(=O)C1=C(C)N=c2s/c(=C\c3cc(C)n(-c4ccc(C)c([N+](=O)[O-])c4)c3C)c(=O)n2[C@H]1c1ccc(OCC(=O)OC)c(OCC)c1. The number of carbonyl (C=O) groups excluding carboxylic acids is 2. The molecule has 0 unspecified atom stereocenters. The highest BCUT2D eigenvalue weighted by molar-refractivity contribution is 7.07. The third-order valence-electron chi connectivity index (χ3n) is 8.08. The molecule has 13 nitrogen and oxygen atoms in total. The summed E-state index contributed by atoms with van der Waals surface area (Å²) in [7, 11) is 1.26. The van der Waals surface area contributed by atoms with Crippen molar-refractivity contribution in [2.75, 3.05) is 26.9 Å². The number of aryl methyl sites for hydroxylation is 2. The maximum Gasteiger partial charge on any atom is 0.343 e. The molecule has 1 atom stereocenters.